The second kappa shape index (κ2) is 4.09. The summed E-state index contributed by atoms with van der Waals surface area (Å²) in [6.07, 6.45) is -2.19. The predicted octanol–water partition coefficient (Wildman–Crippen LogP) is 2.53. The number of pyridine rings is 1. The van der Waals surface area contributed by atoms with Gasteiger partial charge in [-0.2, -0.15) is 9.65 Å². The minimum absolute atomic E-state index is 0.0179. The first kappa shape index (κ1) is 10.5. The third-order valence-corrected chi connectivity index (χ3v) is 1.92. The van der Waals surface area contributed by atoms with Gasteiger partial charge in [0, 0.05) is 17.3 Å². The van der Waals surface area contributed by atoms with E-state index < -0.39 is 12.4 Å². The molecule has 0 radical (unpaired) electrons. The monoisotopic (exact) mass is 200 g/mol. The van der Waals surface area contributed by atoms with Crippen molar-refractivity contribution in [3.8, 4) is 6.07 Å². The molecule has 1 heterocycles. The van der Waals surface area contributed by atoms with Crippen LogP contribution in [0.3, 0.4) is 0 Å². The number of halogens is 3. The van der Waals surface area contributed by atoms with Crippen molar-refractivity contribution in [2.24, 2.45) is 0 Å². The normalized spacial score (nSPS) is 10.3. The van der Waals surface area contributed by atoms with Gasteiger partial charge in [0.25, 0.3) is 6.43 Å². The first-order valence-corrected chi connectivity index (χ1v) is 3.87. The molecule has 0 saturated heterocycles. The average molecular weight is 200 g/mol. The van der Waals surface area contributed by atoms with Crippen LogP contribution in [0.25, 0.3) is 0 Å². The molecular weight excluding hydrogens is 193 g/mol. The Hall–Kier alpha value is -1.57. The Morgan fingerprint density at radius 2 is 2.21 bits per heavy atom. The van der Waals surface area contributed by atoms with Crippen LogP contribution in [0.4, 0.5) is 13.2 Å². The molecule has 2 nitrogen and oxygen atoms in total. The average Bonchev–Trinajstić information content (AvgIpc) is 2.13. The molecule has 5 heteroatoms. The second-order valence-corrected chi connectivity index (χ2v) is 2.74. The fourth-order valence-corrected chi connectivity index (χ4v) is 1.14. The molecule has 1 aromatic heterocycles. The van der Waals surface area contributed by atoms with E-state index in [9.17, 15) is 13.2 Å². The fraction of sp³-hybridized carbons (Fsp3) is 0.333. The van der Waals surface area contributed by atoms with Crippen molar-refractivity contribution in [1.29, 1.82) is 5.26 Å². The van der Waals surface area contributed by atoms with Gasteiger partial charge < -0.3 is 0 Å². The van der Waals surface area contributed by atoms with Gasteiger partial charge in [-0.05, 0) is 12.5 Å². The first-order valence-electron chi connectivity index (χ1n) is 3.87. The van der Waals surface area contributed by atoms with Crippen molar-refractivity contribution >= 4 is 0 Å². The quantitative estimate of drug-likeness (QED) is 0.688. The Kier molecular flexibility index (Phi) is 3.07. The Labute approximate surface area is 79.0 Å². The number of nitriles is 1. The maximum atomic E-state index is 12.9. The van der Waals surface area contributed by atoms with Crippen molar-refractivity contribution in [2.45, 2.75) is 19.8 Å². The molecule has 14 heavy (non-hydrogen) atoms. The second-order valence-electron chi connectivity index (χ2n) is 2.74. The molecule has 0 fully saturated rings. The molecule has 0 unspecified atom stereocenters. The molecule has 0 amide bonds. The van der Waals surface area contributed by atoms with Gasteiger partial charge in [-0.1, -0.05) is 0 Å². The van der Waals surface area contributed by atoms with E-state index in [4.69, 9.17) is 5.26 Å². The summed E-state index contributed by atoms with van der Waals surface area (Å²) in [6.45, 7) is 1.33. The van der Waals surface area contributed by atoms with E-state index >= 15 is 0 Å². The van der Waals surface area contributed by atoms with Gasteiger partial charge in [-0.25, -0.2) is 13.8 Å². The van der Waals surface area contributed by atoms with Crippen molar-refractivity contribution in [3.63, 3.8) is 0 Å². The SMILES string of the molecule is Cc1c(F)ncc(C(F)F)c1CC#N. The van der Waals surface area contributed by atoms with Crippen molar-refractivity contribution < 1.29 is 13.2 Å². The molecule has 0 aliphatic rings. The van der Waals surface area contributed by atoms with Crippen LogP contribution in [0.1, 0.15) is 23.1 Å². The van der Waals surface area contributed by atoms with Crippen molar-refractivity contribution in [1.82, 2.24) is 4.98 Å². The molecule has 0 atom stereocenters. The molecule has 0 saturated carbocycles. The Balaban J connectivity index is 3.31. The molecule has 0 aliphatic carbocycles. The molecular formula is C9H7F3N2. The number of hydrogen-bond acceptors (Lipinski definition) is 2. The van der Waals surface area contributed by atoms with Gasteiger partial charge in [0.05, 0.1) is 12.5 Å². The molecule has 0 N–H and O–H groups in total. The van der Waals surface area contributed by atoms with Gasteiger partial charge >= 0.3 is 0 Å². The zero-order valence-electron chi connectivity index (χ0n) is 7.39. The topological polar surface area (TPSA) is 36.7 Å². The maximum absolute atomic E-state index is 12.9. The number of rotatable bonds is 2. The van der Waals surface area contributed by atoms with E-state index in [2.05, 4.69) is 4.98 Å². The van der Waals surface area contributed by atoms with E-state index in [0.717, 1.165) is 6.20 Å². The highest BCUT2D eigenvalue weighted by Gasteiger charge is 2.17. The molecule has 0 bridgehead atoms. The summed E-state index contributed by atoms with van der Waals surface area (Å²) in [7, 11) is 0. The van der Waals surface area contributed by atoms with Crippen molar-refractivity contribution in [3.05, 3.63) is 28.8 Å². The zero-order chi connectivity index (χ0) is 10.7. The van der Waals surface area contributed by atoms with Crippen LogP contribution in [0.15, 0.2) is 6.20 Å². The van der Waals surface area contributed by atoms with Crippen LogP contribution in [-0.2, 0) is 6.42 Å². The van der Waals surface area contributed by atoms with Crippen LogP contribution in [-0.4, -0.2) is 4.98 Å². The lowest BCUT2D eigenvalue weighted by Gasteiger charge is -2.08. The minimum atomic E-state index is -2.73. The van der Waals surface area contributed by atoms with E-state index in [1.54, 1.807) is 6.07 Å². The van der Waals surface area contributed by atoms with Crippen molar-refractivity contribution in [2.75, 3.05) is 0 Å². The third-order valence-electron chi connectivity index (χ3n) is 1.92. The van der Waals surface area contributed by atoms with Gasteiger partial charge in [0.15, 0.2) is 0 Å². The lowest BCUT2D eigenvalue weighted by atomic mass is 10.0. The number of hydrogen-bond donors (Lipinski definition) is 0. The molecule has 74 valence electrons. The predicted molar refractivity (Wildman–Crippen MR) is 43.2 cm³/mol. The Morgan fingerprint density at radius 3 is 2.71 bits per heavy atom. The molecule has 1 rings (SSSR count). The van der Waals surface area contributed by atoms with Gasteiger partial charge in [0.1, 0.15) is 0 Å². The number of alkyl halides is 2. The zero-order valence-corrected chi connectivity index (χ0v) is 7.39. The minimum Gasteiger partial charge on any atom is -0.228 e. The van der Waals surface area contributed by atoms with Crippen LogP contribution in [0.5, 0.6) is 0 Å². The molecule has 0 aromatic carbocycles. The summed E-state index contributed by atoms with van der Waals surface area (Å²) in [6, 6.07) is 1.72. The van der Waals surface area contributed by atoms with E-state index in [1.165, 1.54) is 6.92 Å². The smallest absolute Gasteiger partial charge is 0.228 e. The summed E-state index contributed by atoms with van der Waals surface area (Å²) >= 11 is 0. The highest BCUT2D eigenvalue weighted by Crippen LogP contribution is 2.25. The first-order chi connectivity index (χ1) is 6.57. The Bertz CT molecular complexity index is 382. The van der Waals surface area contributed by atoms with Gasteiger partial charge in [0.2, 0.25) is 5.95 Å². The number of aromatic nitrogens is 1. The summed E-state index contributed by atoms with van der Waals surface area (Å²) in [5.41, 5.74) is -0.315. The van der Waals surface area contributed by atoms with E-state index in [-0.39, 0.29) is 23.1 Å². The summed E-state index contributed by atoms with van der Waals surface area (Å²) in [5, 5.41) is 8.40. The molecule has 1 aromatic rings. The highest BCUT2D eigenvalue weighted by atomic mass is 19.3. The summed E-state index contributed by atoms with van der Waals surface area (Å²) in [5.74, 6) is -0.806. The van der Waals surface area contributed by atoms with Crippen LogP contribution < -0.4 is 0 Å². The van der Waals surface area contributed by atoms with E-state index in [0.29, 0.717) is 0 Å². The Morgan fingerprint density at radius 1 is 1.57 bits per heavy atom. The largest absolute Gasteiger partial charge is 0.265 e. The van der Waals surface area contributed by atoms with Crippen LogP contribution in [0.2, 0.25) is 0 Å². The standard InChI is InChI=1S/C9H7F3N2/c1-5-6(2-3-13)7(8(10)11)4-14-9(5)12/h4,8H,2H2,1H3. The maximum Gasteiger partial charge on any atom is 0.265 e. The third kappa shape index (κ3) is 1.84. The fourth-order valence-electron chi connectivity index (χ4n) is 1.14. The van der Waals surface area contributed by atoms with Crippen LogP contribution >= 0.6 is 0 Å². The van der Waals surface area contributed by atoms with Gasteiger partial charge in [-0.15, -0.1) is 0 Å². The highest BCUT2D eigenvalue weighted by molar-refractivity contribution is 5.34. The summed E-state index contributed by atoms with van der Waals surface area (Å²) in [4.78, 5) is 3.19. The molecule has 0 spiro atoms. The lowest BCUT2D eigenvalue weighted by Crippen LogP contribution is -2.02. The number of nitrogens with zero attached hydrogens (tertiary/aromatic N) is 2. The van der Waals surface area contributed by atoms with Crippen LogP contribution in [0, 0.1) is 24.2 Å². The van der Waals surface area contributed by atoms with E-state index in [1.807, 2.05) is 0 Å². The lowest BCUT2D eigenvalue weighted by molar-refractivity contribution is 0.149. The molecule has 0 aliphatic heterocycles. The van der Waals surface area contributed by atoms with Gasteiger partial charge in [-0.3, -0.25) is 0 Å². The summed E-state index contributed by atoms with van der Waals surface area (Å²) < 4.78 is 37.7.